The van der Waals surface area contributed by atoms with Crippen LogP contribution in [0.15, 0.2) is 18.2 Å². The van der Waals surface area contributed by atoms with Crippen LogP contribution in [0.1, 0.15) is 23.6 Å². The lowest BCUT2D eigenvalue weighted by molar-refractivity contribution is -0.137. The summed E-state index contributed by atoms with van der Waals surface area (Å²) in [7, 11) is 1.16. The summed E-state index contributed by atoms with van der Waals surface area (Å²) in [5.41, 5.74) is 4.71. The first-order valence-electron chi connectivity index (χ1n) is 5.04. The van der Waals surface area contributed by atoms with Crippen molar-refractivity contribution < 1.29 is 26.7 Å². The van der Waals surface area contributed by atoms with E-state index in [-0.39, 0.29) is 11.3 Å². The topological polar surface area (TPSA) is 35.2 Å². The van der Waals surface area contributed by atoms with Gasteiger partial charge < -0.3 is 10.5 Å². The zero-order chi connectivity index (χ0) is 13.9. The van der Waals surface area contributed by atoms with E-state index in [1.165, 1.54) is 0 Å². The van der Waals surface area contributed by atoms with Crippen LogP contribution < -0.4 is 10.5 Å². The number of hydrogen-bond donors (Lipinski definition) is 1. The summed E-state index contributed by atoms with van der Waals surface area (Å²) in [5, 5.41) is 0. The average molecular weight is 269 g/mol. The van der Waals surface area contributed by atoms with Crippen LogP contribution in [0.4, 0.5) is 22.0 Å². The van der Waals surface area contributed by atoms with Crippen LogP contribution >= 0.6 is 0 Å². The number of benzene rings is 1. The lowest BCUT2D eigenvalue weighted by atomic mass is 10.0. The number of methoxy groups -OCH3 is 1. The molecule has 102 valence electrons. The number of nitrogens with two attached hydrogens (primary N) is 1. The van der Waals surface area contributed by atoms with Gasteiger partial charge in [0.15, 0.2) is 0 Å². The van der Waals surface area contributed by atoms with E-state index < -0.39 is 30.6 Å². The van der Waals surface area contributed by atoms with Crippen LogP contribution in [0.5, 0.6) is 5.75 Å². The maximum Gasteiger partial charge on any atom is 0.416 e. The lowest BCUT2D eigenvalue weighted by Gasteiger charge is -2.17. The van der Waals surface area contributed by atoms with Gasteiger partial charge in [0.25, 0.3) is 0 Å². The monoisotopic (exact) mass is 269 g/mol. The molecule has 0 amide bonds. The lowest BCUT2D eigenvalue weighted by Crippen LogP contribution is -2.16. The van der Waals surface area contributed by atoms with Crippen LogP contribution in [0, 0.1) is 0 Å². The zero-order valence-corrected chi connectivity index (χ0v) is 9.47. The summed E-state index contributed by atoms with van der Waals surface area (Å²) < 4.78 is 66.4. The van der Waals surface area contributed by atoms with E-state index in [9.17, 15) is 22.0 Å². The zero-order valence-electron chi connectivity index (χ0n) is 9.47. The fourth-order valence-electron chi connectivity index (χ4n) is 1.51. The van der Waals surface area contributed by atoms with Gasteiger partial charge in [-0.15, -0.1) is 0 Å². The molecule has 18 heavy (non-hydrogen) atoms. The second-order valence-electron chi connectivity index (χ2n) is 3.69. The van der Waals surface area contributed by atoms with Crippen LogP contribution in [0.2, 0.25) is 0 Å². The van der Waals surface area contributed by atoms with Gasteiger partial charge in [0.2, 0.25) is 6.43 Å². The molecule has 1 aromatic carbocycles. The van der Waals surface area contributed by atoms with E-state index in [4.69, 9.17) is 10.5 Å². The van der Waals surface area contributed by atoms with E-state index in [1.54, 1.807) is 0 Å². The molecule has 2 nitrogen and oxygen atoms in total. The number of alkyl halides is 5. The van der Waals surface area contributed by atoms with E-state index in [2.05, 4.69) is 0 Å². The van der Waals surface area contributed by atoms with Crippen molar-refractivity contribution >= 4 is 0 Å². The molecular formula is C11H12F5NO. The summed E-state index contributed by atoms with van der Waals surface area (Å²) in [6.45, 7) is 0. The molecule has 0 bridgehead atoms. The predicted octanol–water partition coefficient (Wildman–Crippen LogP) is 3.37. The molecule has 0 aliphatic heterocycles. The highest BCUT2D eigenvalue weighted by atomic mass is 19.4. The fourth-order valence-corrected chi connectivity index (χ4v) is 1.51. The Morgan fingerprint density at radius 2 is 1.89 bits per heavy atom. The molecular weight excluding hydrogens is 257 g/mol. The van der Waals surface area contributed by atoms with Gasteiger partial charge in [-0.05, 0) is 12.1 Å². The highest BCUT2D eigenvalue weighted by Gasteiger charge is 2.31. The molecule has 0 aliphatic rings. The molecule has 0 unspecified atom stereocenters. The molecule has 0 aromatic heterocycles. The minimum Gasteiger partial charge on any atom is -0.496 e. The molecule has 1 rings (SSSR count). The maximum atomic E-state index is 12.4. The summed E-state index contributed by atoms with van der Waals surface area (Å²) in [5.74, 6) is -0.141. The number of ether oxygens (including phenoxy) is 1. The number of halogens is 5. The van der Waals surface area contributed by atoms with Gasteiger partial charge in [0.05, 0.1) is 12.7 Å². The molecule has 1 aromatic rings. The highest BCUT2D eigenvalue weighted by Crippen LogP contribution is 2.35. The van der Waals surface area contributed by atoms with Crippen molar-refractivity contribution in [3.05, 3.63) is 29.3 Å². The molecule has 2 N–H and O–H groups in total. The van der Waals surface area contributed by atoms with E-state index >= 15 is 0 Å². The number of rotatable bonds is 4. The first-order valence-corrected chi connectivity index (χ1v) is 5.04. The van der Waals surface area contributed by atoms with E-state index in [0.29, 0.717) is 0 Å². The average Bonchev–Trinajstić information content (AvgIpc) is 2.26. The van der Waals surface area contributed by atoms with Crippen LogP contribution in [0.3, 0.4) is 0 Å². The van der Waals surface area contributed by atoms with E-state index in [1.807, 2.05) is 0 Å². The van der Waals surface area contributed by atoms with Crippen molar-refractivity contribution in [3.63, 3.8) is 0 Å². The van der Waals surface area contributed by atoms with Crippen molar-refractivity contribution in [1.82, 2.24) is 0 Å². The standard InChI is InChI=1S/C11H12F5NO/c1-18-9-4-6(11(14,15)16)2-3-7(9)8(17)5-10(12)13/h2-4,8,10H,5,17H2,1H3/t8-/m1/s1. The third-order valence-electron chi connectivity index (χ3n) is 2.39. The van der Waals surface area contributed by atoms with Gasteiger partial charge in [-0.2, -0.15) is 13.2 Å². The third kappa shape index (κ3) is 3.56. The summed E-state index contributed by atoms with van der Waals surface area (Å²) >= 11 is 0. The summed E-state index contributed by atoms with van der Waals surface area (Å²) in [4.78, 5) is 0. The van der Waals surface area contributed by atoms with Crippen LogP contribution in [-0.2, 0) is 6.18 Å². The Morgan fingerprint density at radius 1 is 1.28 bits per heavy atom. The van der Waals surface area contributed by atoms with Crippen LogP contribution in [-0.4, -0.2) is 13.5 Å². The Morgan fingerprint density at radius 3 is 2.33 bits per heavy atom. The molecule has 0 saturated carbocycles. The third-order valence-corrected chi connectivity index (χ3v) is 2.39. The van der Waals surface area contributed by atoms with Gasteiger partial charge in [0, 0.05) is 18.0 Å². The Labute approximate surface area is 101 Å². The largest absolute Gasteiger partial charge is 0.496 e. The van der Waals surface area contributed by atoms with Crippen molar-refractivity contribution in [1.29, 1.82) is 0 Å². The minimum atomic E-state index is -4.52. The Bertz CT molecular complexity index is 405. The molecule has 7 heteroatoms. The quantitative estimate of drug-likeness (QED) is 0.850. The summed E-state index contributed by atoms with van der Waals surface area (Å²) in [6, 6.07) is 1.54. The second-order valence-corrected chi connectivity index (χ2v) is 3.69. The molecule has 0 aliphatic carbocycles. The van der Waals surface area contributed by atoms with E-state index in [0.717, 1.165) is 25.3 Å². The van der Waals surface area contributed by atoms with Gasteiger partial charge in [-0.1, -0.05) is 6.07 Å². The van der Waals surface area contributed by atoms with Gasteiger partial charge in [-0.25, -0.2) is 8.78 Å². The van der Waals surface area contributed by atoms with Crippen molar-refractivity contribution in [2.24, 2.45) is 5.73 Å². The van der Waals surface area contributed by atoms with Gasteiger partial charge in [0.1, 0.15) is 5.75 Å². The predicted molar refractivity (Wildman–Crippen MR) is 55.5 cm³/mol. The van der Waals surface area contributed by atoms with Crippen molar-refractivity contribution in [3.8, 4) is 5.75 Å². The second kappa shape index (κ2) is 5.51. The van der Waals surface area contributed by atoms with Gasteiger partial charge >= 0.3 is 6.18 Å². The van der Waals surface area contributed by atoms with Gasteiger partial charge in [-0.3, -0.25) is 0 Å². The van der Waals surface area contributed by atoms with Crippen molar-refractivity contribution in [2.75, 3.05) is 7.11 Å². The number of hydrogen-bond acceptors (Lipinski definition) is 2. The normalized spacial score (nSPS) is 13.8. The molecule has 1 atom stereocenters. The first kappa shape index (κ1) is 14.7. The molecule has 0 saturated heterocycles. The minimum absolute atomic E-state index is 0.130. The molecule has 0 radical (unpaired) electrons. The molecule has 0 heterocycles. The Kier molecular flexibility index (Phi) is 4.50. The first-order chi connectivity index (χ1) is 8.25. The Balaban J connectivity index is 3.07. The van der Waals surface area contributed by atoms with Crippen molar-refractivity contribution in [2.45, 2.75) is 25.1 Å². The maximum absolute atomic E-state index is 12.4. The molecule has 0 fully saturated rings. The highest BCUT2D eigenvalue weighted by molar-refractivity contribution is 5.40. The Hall–Kier alpha value is -1.37. The SMILES string of the molecule is COc1cc(C(F)(F)F)ccc1[C@H](N)CC(F)F. The molecule has 0 spiro atoms. The van der Waals surface area contributed by atoms with Crippen LogP contribution in [0.25, 0.3) is 0 Å². The smallest absolute Gasteiger partial charge is 0.416 e. The summed E-state index contributed by atoms with van der Waals surface area (Å²) in [6.07, 6.45) is -7.78. The fraction of sp³-hybridized carbons (Fsp3) is 0.455.